The number of rotatable bonds is 3. The number of nitrogens with one attached hydrogen (secondary N) is 1. The molecule has 0 bridgehead atoms. The third-order valence-corrected chi connectivity index (χ3v) is 1.02. The van der Waals surface area contributed by atoms with Gasteiger partial charge in [0.15, 0.2) is 0 Å². The van der Waals surface area contributed by atoms with Gasteiger partial charge < -0.3 is 5.32 Å². The number of terminal acetylenes is 1. The van der Waals surface area contributed by atoms with Crippen LogP contribution in [0.4, 0.5) is 0 Å². The summed E-state index contributed by atoms with van der Waals surface area (Å²) >= 11 is 0. The van der Waals surface area contributed by atoms with Gasteiger partial charge in [-0.15, -0.1) is 12.3 Å². The molecule has 0 rings (SSSR count). The van der Waals surface area contributed by atoms with Gasteiger partial charge in [0.2, 0.25) is 0 Å². The van der Waals surface area contributed by atoms with Crippen molar-refractivity contribution in [1.82, 2.24) is 5.32 Å². The summed E-state index contributed by atoms with van der Waals surface area (Å²) in [5.74, 6) is 3.23. The largest absolute Gasteiger partial charge is 0.319 e. The van der Waals surface area contributed by atoms with E-state index in [4.69, 9.17) is 6.42 Å². The first-order chi connectivity index (χ1) is 3.81. The predicted molar refractivity (Wildman–Crippen MR) is 36.5 cm³/mol. The lowest BCUT2D eigenvalue weighted by Gasteiger charge is -2.03. The summed E-state index contributed by atoms with van der Waals surface area (Å²) in [7, 11) is 1.94. The maximum Gasteiger partial charge on any atom is 0.0124 e. The first kappa shape index (κ1) is 7.52. The van der Waals surface area contributed by atoms with Crippen LogP contribution in [-0.4, -0.2) is 13.6 Å². The van der Waals surface area contributed by atoms with Gasteiger partial charge in [-0.25, -0.2) is 0 Å². The van der Waals surface area contributed by atoms with Crippen molar-refractivity contribution in [1.29, 1.82) is 0 Å². The van der Waals surface area contributed by atoms with Crippen molar-refractivity contribution >= 4 is 0 Å². The third kappa shape index (κ3) is 3.70. The molecule has 0 aliphatic rings. The second-order valence-corrected chi connectivity index (χ2v) is 2.07. The standard InChI is InChI=1S/C7H13N/c1-4-5-7(2)6-8-3/h1,7-8H,5-6H2,2-3H3/t7-/m1/s1. The van der Waals surface area contributed by atoms with E-state index < -0.39 is 0 Å². The summed E-state index contributed by atoms with van der Waals surface area (Å²) in [6.45, 7) is 3.15. The summed E-state index contributed by atoms with van der Waals surface area (Å²) in [6.07, 6.45) is 5.96. The number of hydrogen-bond acceptors (Lipinski definition) is 1. The highest BCUT2D eigenvalue weighted by Gasteiger charge is 1.94. The molecule has 1 atom stereocenters. The molecular weight excluding hydrogens is 98.1 g/mol. The zero-order chi connectivity index (χ0) is 6.41. The van der Waals surface area contributed by atoms with Crippen LogP contribution in [-0.2, 0) is 0 Å². The summed E-state index contributed by atoms with van der Waals surface area (Å²) in [6, 6.07) is 0. The molecule has 0 aliphatic carbocycles. The molecule has 0 saturated carbocycles. The SMILES string of the molecule is C#CC[C@@H](C)CNC. The van der Waals surface area contributed by atoms with Crippen molar-refractivity contribution in [3.63, 3.8) is 0 Å². The Morgan fingerprint density at radius 3 is 2.75 bits per heavy atom. The molecule has 1 N–H and O–H groups in total. The molecule has 0 radical (unpaired) electrons. The van der Waals surface area contributed by atoms with E-state index in [1.165, 1.54) is 0 Å². The molecule has 46 valence electrons. The maximum absolute atomic E-state index is 5.08. The lowest BCUT2D eigenvalue weighted by Crippen LogP contribution is -2.15. The molecule has 1 nitrogen and oxygen atoms in total. The fraction of sp³-hybridized carbons (Fsp3) is 0.714. The molecule has 0 amide bonds. The van der Waals surface area contributed by atoms with Crippen molar-refractivity contribution in [2.45, 2.75) is 13.3 Å². The molecule has 0 aromatic rings. The molecule has 0 aromatic carbocycles. The quantitative estimate of drug-likeness (QED) is 0.533. The van der Waals surface area contributed by atoms with Gasteiger partial charge >= 0.3 is 0 Å². The lowest BCUT2D eigenvalue weighted by molar-refractivity contribution is 0.559. The van der Waals surface area contributed by atoms with E-state index in [2.05, 4.69) is 18.2 Å². The summed E-state index contributed by atoms with van der Waals surface area (Å²) in [5, 5.41) is 3.06. The van der Waals surface area contributed by atoms with Gasteiger partial charge in [-0.05, 0) is 19.5 Å². The van der Waals surface area contributed by atoms with E-state index in [1.54, 1.807) is 0 Å². The van der Waals surface area contributed by atoms with E-state index in [0.29, 0.717) is 5.92 Å². The minimum absolute atomic E-state index is 0.616. The minimum Gasteiger partial charge on any atom is -0.319 e. The van der Waals surface area contributed by atoms with Gasteiger partial charge in [0, 0.05) is 6.42 Å². The average Bonchev–Trinajstić information content (AvgIpc) is 1.68. The molecule has 0 spiro atoms. The second-order valence-electron chi connectivity index (χ2n) is 2.07. The number of hydrogen-bond donors (Lipinski definition) is 1. The molecule has 0 unspecified atom stereocenters. The molecule has 0 heterocycles. The van der Waals surface area contributed by atoms with Crippen LogP contribution in [0, 0.1) is 18.3 Å². The second kappa shape index (κ2) is 4.67. The Balaban J connectivity index is 3.08. The Morgan fingerprint density at radius 1 is 1.75 bits per heavy atom. The van der Waals surface area contributed by atoms with Crippen molar-refractivity contribution in [3.8, 4) is 12.3 Å². The Morgan fingerprint density at radius 2 is 2.38 bits per heavy atom. The fourth-order valence-corrected chi connectivity index (χ4v) is 0.622. The molecule has 8 heavy (non-hydrogen) atoms. The Bertz CT molecular complexity index is 80.9. The van der Waals surface area contributed by atoms with E-state index in [-0.39, 0.29) is 0 Å². The molecule has 0 aliphatic heterocycles. The molecular formula is C7H13N. The van der Waals surface area contributed by atoms with Crippen LogP contribution >= 0.6 is 0 Å². The van der Waals surface area contributed by atoms with Crippen molar-refractivity contribution < 1.29 is 0 Å². The van der Waals surface area contributed by atoms with Crippen molar-refractivity contribution in [2.24, 2.45) is 5.92 Å². The van der Waals surface area contributed by atoms with Gasteiger partial charge in [-0.3, -0.25) is 0 Å². The van der Waals surface area contributed by atoms with Crippen LogP contribution in [0.1, 0.15) is 13.3 Å². The van der Waals surface area contributed by atoms with Gasteiger partial charge in [-0.1, -0.05) is 6.92 Å². The molecule has 0 fully saturated rings. The van der Waals surface area contributed by atoms with Crippen LogP contribution in [0.5, 0.6) is 0 Å². The highest BCUT2D eigenvalue weighted by Crippen LogP contribution is 1.95. The maximum atomic E-state index is 5.08. The van der Waals surface area contributed by atoms with Crippen molar-refractivity contribution in [2.75, 3.05) is 13.6 Å². The summed E-state index contributed by atoms with van der Waals surface area (Å²) in [4.78, 5) is 0. The van der Waals surface area contributed by atoms with Crippen LogP contribution < -0.4 is 5.32 Å². The van der Waals surface area contributed by atoms with Gasteiger partial charge in [0.25, 0.3) is 0 Å². The van der Waals surface area contributed by atoms with E-state index in [9.17, 15) is 0 Å². The van der Waals surface area contributed by atoms with Crippen LogP contribution in [0.3, 0.4) is 0 Å². The van der Waals surface area contributed by atoms with Gasteiger partial charge in [0.1, 0.15) is 0 Å². The van der Waals surface area contributed by atoms with Crippen LogP contribution in [0.25, 0.3) is 0 Å². The van der Waals surface area contributed by atoms with Crippen molar-refractivity contribution in [3.05, 3.63) is 0 Å². The topological polar surface area (TPSA) is 12.0 Å². The summed E-state index contributed by atoms with van der Waals surface area (Å²) < 4.78 is 0. The highest BCUT2D eigenvalue weighted by molar-refractivity contribution is 4.85. The predicted octanol–water partition coefficient (Wildman–Crippen LogP) is 0.865. The molecule has 1 heteroatoms. The third-order valence-electron chi connectivity index (χ3n) is 1.02. The lowest BCUT2D eigenvalue weighted by atomic mass is 10.1. The van der Waals surface area contributed by atoms with E-state index in [0.717, 1.165) is 13.0 Å². The monoisotopic (exact) mass is 111 g/mol. The van der Waals surface area contributed by atoms with E-state index >= 15 is 0 Å². The zero-order valence-electron chi connectivity index (χ0n) is 5.57. The minimum atomic E-state index is 0.616. The normalized spacial score (nSPS) is 12.6. The Kier molecular flexibility index (Phi) is 4.39. The first-order valence-corrected chi connectivity index (χ1v) is 2.89. The first-order valence-electron chi connectivity index (χ1n) is 2.89. The van der Waals surface area contributed by atoms with Crippen LogP contribution in [0.15, 0.2) is 0 Å². The Hall–Kier alpha value is -0.480. The van der Waals surface area contributed by atoms with Gasteiger partial charge in [0.05, 0.1) is 0 Å². The Labute approximate surface area is 51.5 Å². The fourth-order valence-electron chi connectivity index (χ4n) is 0.622. The van der Waals surface area contributed by atoms with E-state index in [1.807, 2.05) is 7.05 Å². The average molecular weight is 111 g/mol. The summed E-state index contributed by atoms with van der Waals surface area (Å²) in [5.41, 5.74) is 0. The zero-order valence-corrected chi connectivity index (χ0v) is 5.57. The van der Waals surface area contributed by atoms with Gasteiger partial charge in [-0.2, -0.15) is 0 Å². The molecule has 0 aromatic heterocycles. The highest BCUT2D eigenvalue weighted by atomic mass is 14.8. The molecule has 0 saturated heterocycles. The van der Waals surface area contributed by atoms with Crippen LogP contribution in [0.2, 0.25) is 0 Å². The smallest absolute Gasteiger partial charge is 0.0124 e.